The summed E-state index contributed by atoms with van der Waals surface area (Å²) < 4.78 is 5.04. The van der Waals surface area contributed by atoms with Gasteiger partial charge >= 0.3 is 0 Å². The van der Waals surface area contributed by atoms with Crippen molar-refractivity contribution in [3.05, 3.63) is 30.1 Å². The highest BCUT2D eigenvalue weighted by atomic mass is 32.1. The number of aromatic amines is 1. The number of aliphatic imine (C=N–C) groups is 1. The van der Waals surface area contributed by atoms with Crippen molar-refractivity contribution < 1.29 is 9.84 Å². The second-order valence-corrected chi connectivity index (χ2v) is 4.56. The molecular weight excluding hydrogens is 290 g/mol. The van der Waals surface area contributed by atoms with Crippen LogP contribution in [0.2, 0.25) is 0 Å². The third-order valence-electron chi connectivity index (χ3n) is 2.78. The molecule has 0 saturated heterocycles. The van der Waals surface area contributed by atoms with Gasteiger partial charge in [0.05, 0.1) is 13.4 Å². The highest BCUT2D eigenvalue weighted by molar-refractivity contribution is 7.80. The summed E-state index contributed by atoms with van der Waals surface area (Å²) in [4.78, 5) is 19.5. The predicted molar refractivity (Wildman–Crippen MR) is 80.8 cm³/mol. The molecule has 1 aromatic carbocycles. The fourth-order valence-corrected chi connectivity index (χ4v) is 2.03. The number of phenols is 1. The molecular formula is C13H11N5O2S. The summed E-state index contributed by atoms with van der Waals surface area (Å²) in [5, 5.41) is 9.99. The minimum Gasteiger partial charge on any atom is -0.504 e. The molecule has 0 unspecified atom stereocenters. The number of methoxy groups -OCH3 is 1. The Balaban J connectivity index is 1.93. The number of hydrogen-bond donors (Lipinski definition) is 3. The lowest BCUT2D eigenvalue weighted by molar-refractivity contribution is 0.373. The average molecular weight is 301 g/mol. The lowest BCUT2D eigenvalue weighted by Crippen LogP contribution is -1.89. The van der Waals surface area contributed by atoms with Crippen LogP contribution >= 0.6 is 12.6 Å². The third kappa shape index (κ3) is 2.65. The van der Waals surface area contributed by atoms with Crippen molar-refractivity contribution in [2.45, 2.75) is 5.03 Å². The van der Waals surface area contributed by atoms with E-state index >= 15 is 0 Å². The Morgan fingerprint density at radius 2 is 2.24 bits per heavy atom. The zero-order chi connectivity index (χ0) is 14.8. The molecule has 0 amide bonds. The normalized spacial score (nSPS) is 11.3. The van der Waals surface area contributed by atoms with Crippen molar-refractivity contribution in [2.24, 2.45) is 4.99 Å². The van der Waals surface area contributed by atoms with Gasteiger partial charge in [0, 0.05) is 6.21 Å². The highest BCUT2D eigenvalue weighted by Gasteiger charge is 2.06. The van der Waals surface area contributed by atoms with Crippen molar-refractivity contribution in [1.82, 2.24) is 19.9 Å². The summed E-state index contributed by atoms with van der Waals surface area (Å²) in [7, 11) is 1.48. The maximum absolute atomic E-state index is 9.54. The first kappa shape index (κ1) is 13.4. The van der Waals surface area contributed by atoms with E-state index in [0.717, 1.165) is 5.56 Å². The van der Waals surface area contributed by atoms with Crippen LogP contribution in [0.3, 0.4) is 0 Å². The molecule has 3 aromatic rings. The first-order chi connectivity index (χ1) is 10.2. The summed E-state index contributed by atoms with van der Waals surface area (Å²) >= 11 is 4.25. The Morgan fingerprint density at radius 3 is 3.05 bits per heavy atom. The van der Waals surface area contributed by atoms with Gasteiger partial charge in [0.1, 0.15) is 10.5 Å². The molecule has 0 bridgehead atoms. The topological polar surface area (TPSA) is 96.3 Å². The fourth-order valence-electron chi connectivity index (χ4n) is 1.77. The molecule has 106 valence electrons. The van der Waals surface area contributed by atoms with Gasteiger partial charge in [-0.15, -0.1) is 12.6 Å². The van der Waals surface area contributed by atoms with Gasteiger partial charge in [-0.1, -0.05) is 0 Å². The van der Waals surface area contributed by atoms with E-state index in [1.165, 1.54) is 19.5 Å². The Bertz CT molecular complexity index is 831. The number of nitrogens with one attached hydrogen (secondary N) is 1. The van der Waals surface area contributed by atoms with Crippen molar-refractivity contribution in [3.63, 3.8) is 0 Å². The second-order valence-electron chi connectivity index (χ2n) is 4.14. The van der Waals surface area contributed by atoms with Gasteiger partial charge in [0.2, 0.25) is 0 Å². The Labute approximate surface area is 125 Å². The number of fused-ring (bicyclic) bond motifs is 1. The van der Waals surface area contributed by atoms with Gasteiger partial charge in [-0.2, -0.15) is 4.98 Å². The summed E-state index contributed by atoms with van der Waals surface area (Å²) in [6.07, 6.45) is 3.10. The summed E-state index contributed by atoms with van der Waals surface area (Å²) in [6, 6.07) is 4.90. The number of nitrogens with zero attached hydrogens (tertiary/aromatic N) is 4. The summed E-state index contributed by atoms with van der Waals surface area (Å²) in [6.45, 7) is 0. The molecule has 0 fully saturated rings. The van der Waals surface area contributed by atoms with Gasteiger partial charge in [0.25, 0.3) is 5.95 Å². The van der Waals surface area contributed by atoms with E-state index in [1.807, 2.05) is 0 Å². The van der Waals surface area contributed by atoms with Crippen molar-refractivity contribution in [2.75, 3.05) is 7.11 Å². The Morgan fingerprint density at radius 1 is 1.38 bits per heavy atom. The minimum atomic E-state index is 0.0717. The summed E-state index contributed by atoms with van der Waals surface area (Å²) in [5.41, 5.74) is 1.92. The van der Waals surface area contributed by atoms with Gasteiger partial charge in [-0.3, -0.25) is 0 Å². The number of hydrogen-bond acceptors (Lipinski definition) is 7. The standard InChI is InChI=1S/C13H11N5O2S/c1-20-9-4-7(2-3-8(9)19)5-14-13-17-11-10(12(21)18-13)15-6-16-11/h2-6,19H,1H3,(H2,15,16,17,18,21)/b14-5+. The fraction of sp³-hybridized carbons (Fsp3) is 0.0769. The monoisotopic (exact) mass is 301 g/mol. The van der Waals surface area contributed by atoms with E-state index in [1.54, 1.807) is 18.3 Å². The van der Waals surface area contributed by atoms with Crippen LogP contribution in [0.15, 0.2) is 34.5 Å². The third-order valence-corrected chi connectivity index (χ3v) is 3.09. The molecule has 2 heterocycles. The van der Waals surface area contributed by atoms with Crippen LogP contribution in [0.5, 0.6) is 11.5 Å². The summed E-state index contributed by atoms with van der Waals surface area (Å²) in [5.74, 6) is 0.713. The number of thiol groups is 1. The van der Waals surface area contributed by atoms with Gasteiger partial charge in [-0.25, -0.2) is 15.0 Å². The molecule has 3 rings (SSSR count). The van der Waals surface area contributed by atoms with Crippen LogP contribution < -0.4 is 4.74 Å². The molecule has 2 aromatic heterocycles. The second kappa shape index (κ2) is 5.41. The van der Waals surface area contributed by atoms with E-state index in [9.17, 15) is 5.11 Å². The molecule has 0 aliphatic rings. The number of imidazole rings is 1. The number of phenolic OH excluding ortho intramolecular Hbond substituents is 1. The number of aromatic nitrogens is 4. The highest BCUT2D eigenvalue weighted by Crippen LogP contribution is 2.26. The smallest absolute Gasteiger partial charge is 0.252 e. The molecule has 0 spiro atoms. The van der Waals surface area contributed by atoms with E-state index in [4.69, 9.17) is 4.74 Å². The number of benzene rings is 1. The van der Waals surface area contributed by atoms with Crippen molar-refractivity contribution >= 4 is 36.0 Å². The van der Waals surface area contributed by atoms with E-state index in [-0.39, 0.29) is 11.7 Å². The maximum Gasteiger partial charge on any atom is 0.252 e. The maximum atomic E-state index is 9.54. The SMILES string of the molecule is COc1cc(/C=N/c2nc(S)c3nc[nH]c3n2)ccc1O. The van der Waals surface area contributed by atoms with E-state index < -0.39 is 0 Å². The van der Waals surface area contributed by atoms with Crippen LogP contribution in [0.1, 0.15) is 5.56 Å². The van der Waals surface area contributed by atoms with E-state index in [2.05, 4.69) is 37.6 Å². The Hall–Kier alpha value is -2.61. The molecule has 21 heavy (non-hydrogen) atoms. The molecule has 8 heteroatoms. The molecule has 0 atom stereocenters. The van der Waals surface area contributed by atoms with Gasteiger partial charge < -0.3 is 14.8 Å². The van der Waals surface area contributed by atoms with Crippen LogP contribution in [0, 0.1) is 0 Å². The van der Waals surface area contributed by atoms with Gasteiger partial charge in [0.15, 0.2) is 17.1 Å². The van der Waals surface area contributed by atoms with Gasteiger partial charge in [-0.05, 0) is 23.8 Å². The number of ether oxygens (including phenoxy) is 1. The molecule has 0 radical (unpaired) electrons. The molecule has 2 N–H and O–H groups in total. The number of rotatable bonds is 3. The average Bonchev–Trinajstić information content (AvgIpc) is 2.95. The lowest BCUT2D eigenvalue weighted by Gasteiger charge is -2.03. The first-order valence-corrected chi connectivity index (χ1v) is 6.43. The first-order valence-electron chi connectivity index (χ1n) is 5.98. The van der Waals surface area contributed by atoms with Crippen LogP contribution in [0.25, 0.3) is 11.2 Å². The molecule has 0 aliphatic carbocycles. The van der Waals surface area contributed by atoms with Crippen LogP contribution in [0.4, 0.5) is 5.95 Å². The lowest BCUT2D eigenvalue weighted by atomic mass is 10.2. The molecule has 0 saturated carbocycles. The van der Waals surface area contributed by atoms with Crippen LogP contribution in [-0.2, 0) is 0 Å². The molecule has 7 nitrogen and oxygen atoms in total. The largest absolute Gasteiger partial charge is 0.504 e. The van der Waals surface area contributed by atoms with Crippen molar-refractivity contribution in [1.29, 1.82) is 0 Å². The predicted octanol–water partition coefficient (Wildman–Crippen LogP) is 2.11. The Kier molecular flexibility index (Phi) is 3.44. The van der Waals surface area contributed by atoms with Crippen molar-refractivity contribution in [3.8, 4) is 11.5 Å². The number of H-pyrrole nitrogens is 1. The minimum absolute atomic E-state index is 0.0717. The zero-order valence-electron chi connectivity index (χ0n) is 11.0. The quantitative estimate of drug-likeness (QED) is 0.391. The van der Waals surface area contributed by atoms with Crippen LogP contribution in [-0.4, -0.2) is 38.4 Å². The van der Waals surface area contributed by atoms with E-state index in [0.29, 0.717) is 21.9 Å². The zero-order valence-corrected chi connectivity index (χ0v) is 11.9. The molecule has 0 aliphatic heterocycles. The number of aromatic hydroxyl groups is 1.